The average molecular weight is 412 g/mol. The van der Waals surface area contributed by atoms with Crippen molar-refractivity contribution in [3.63, 3.8) is 0 Å². The predicted octanol–water partition coefficient (Wildman–Crippen LogP) is 3.51. The molecular formula is C24H33N3O3. The summed E-state index contributed by atoms with van der Waals surface area (Å²) < 4.78 is 5.54. The van der Waals surface area contributed by atoms with Gasteiger partial charge in [0.15, 0.2) is 6.61 Å². The number of carbonyl (C=O) groups is 2. The Bertz CT molecular complexity index is 800. The number of benzene rings is 1. The van der Waals surface area contributed by atoms with Crippen LogP contribution in [0.15, 0.2) is 23.3 Å². The van der Waals surface area contributed by atoms with Gasteiger partial charge in [-0.3, -0.25) is 9.59 Å². The Morgan fingerprint density at radius 3 is 2.17 bits per heavy atom. The molecule has 0 aliphatic heterocycles. The third-order valence-corrected chi connectivity index (χ3v) is 6.91. The lowest BCUT2D eigenvalue weighted by Crippen LogP contribution is -2.56. The quantitative estimate of drug-likeness (QED) is 0.532. The van der Waals surface area contributed by atoms with Gasteiger partial charge in [0.2, 0.25) is 5.91 Å². The molecule has 2 amide bonds. The maximum absolute atomic E-state index is 12.5. The fraction of sp³-hybridized carbons (Fsp3) is 0.625. The Balaban J connectivity index is 1.21. The van der Waals surface area contributed by atoms with Crippen LogP contribution < -0.4 is 15.5 Å². The molecule has 0 atom stereocenters. The van der Waals surface area contributed by atoms with Crippen LogP contribution in [0.4, 0.5) is 0 Å². The molecule has 4 aliphatic carbocycles. The van der Waals surface area contributed by atoms with E-state index in [-0.39, 0.29) is 24.8 Å². The minimum atomic E-state index is -0.338. The standard InChI is InChI=1S/C24H33N3O3/c1-14-4-15(2)6-21(5-14)30-13-23(29)27-26-16(3)7-22(28)25-24-19-9-17-8-18(11-19)12-20(24)10-17/h4-6,17-20,24H,7-13H2,1-3H3,(H,25,28)(H,27,29). The van der Waals surface area contributed by atoms with E-state index >= 15 is 0 Å². The second-order valence-electron chi connectivity index (χ2n) is 9.69. The molecule has 0 saturated heterocycles. The van der Waals surface area contributed by atoms with Crippen LogP contribution in [0.25, 0.3) is 0 Å². The van der Waals surface area contributed by atoms with Gasteiger partial charge in [-0.1, -0.05) is 6.07 Å². The molecular weight excluding hydrogens is 378 g/mol. The molecule has 5 rings (SSSR count). The van der Waals surface area contributed by atoms with E-state index in [1.807, 2.05) is 26.0 Å². The van der Waals surface area contributed by atoms with Crippen molar-refractivity contribution < 1.29 is 14.3 Å². The maximum Gasteiger partial charge on any atom is 0.277 e. The van der Waals surface area contributed by atoms with E-state index in [0.717, 1.165) is 23.0 Å². The Morgan fingerprint density at radius 1 is 0.967 bits per heavy atom. The Morgan fingerprint density at radius 2 is 1.57 bits per heavy atom. The molecule has 2 N–H and O–H groups in total. The van der Waals surface area contributed by atoms with E-state index in [4.69, 9.17) is 4.74 Å². The lowest BCUT2D eigenvalue weighted by atomic mass is 9.54. The Kier molecular flexibility index (Phi) is 6.11. The van der Waals surface area contributed by atoms with E-state index in [1.165, 1.54) is 32.1 Å². The highest BCUT2D eigenvalue weighted by atomic mass is 16.5. The first-order chi connectivity index (χ1) is 14.4. The molecule has 0 unspecified atom stereocenters. The third kappa shape index (κ3) is 5.02. The summed E-state index contributed by atoms with van der Waals surface area (Å²) >= 11 is 0. The van der Waals surface area contributed by atoms with Crippen molar-refractivity contribution >= 4 is 17.5 Å². The van der Waals surface area contributed by atoms with Crippen molar-refractivity contribution in [2.45, 2.75) is 65.3 Å². The molecule has 4 fully saturated rings. The maximum atomic E-state index is 12.5. The van der Waals surface area contributed by atoms with Crippen LogP contribution >= 0.6 is 0 Å². The van der Waals surface area contributed by atoms with Gasteiger partial charge in [-0.25, -0.2) is 5.43 Å². The first-order valence-electron chi connectivity index (χ1n) is 11.2. The van der Waals surface area contributed by atoms with Crippen molar-refractivity contribution in [2.24, 2.45) is 28.8 Å². The molecule has 0 heterocycles. The summed E-state index contributed by atoms with van der Waals surface area (Å²) in [5.74, 6) is 3.44. The number of hydrogen-bond donors (Lipinski definition) is 2. The predicted molar refractivity (Wildman–Crippen MR) is 116 cm³/mol. The fourth-order valence-corrected chi connectivity index (χ4v) is 6.02. The number of rotatable bonds is 7. The minimum Gasteiger partial charge on any atom is -0.484 e. The van der Waals surface area contributed by atoms with Crippen LogP contribution in [0.5, 0.6) is 5.75 Å². The summed E-state index contributed by atoms with van der Waals surface area (Å²) in [7, 11) is 0. The molecule has 1 aromatic carbocycles. The van der Waals surface area contributed by atoms with Gasteiger partial charge >= 0.3 is 0 Å². The Hall–Kier alpha value is -2.37. The van der Waals surface area contributed by atoms with Crippen LogP contribution in [0.1, 0.15) is 56.6 Å². The van der Waals surface area contributed by atoms with Gasteiger partial charge < -0.3 is 10.1 Å². The number of aryl methyl sites for hydroxylation is 2. The van der Waals surface area contributed by atoms with Crippen molar-refractivity contribution in [2.75, 3.05) is 6.61 Å². The monoisotopic (exact) mass is 411 g/mol. The van der Waals surface area contributed by atoms with E-state index < -0.39 is 0 Å². The van der Waals surface area contributed by atoms with Crippen LogP contribution in [-0.4, -0.2) is 30.2 Å². The zero-order valence-electron chi connectivity index (χ0n) is 18.2. The normalized spacial score (nSPS) is 29.6. The molecule has 6 heteroatoms. The van der Waals surface area contributed by atoms with E-state index in [9.17, 15) is 9.59 Å². The average Bonchev–Trinajstić information content (AvgIpc) is 2.66. The molecule has 0 radical (unpaired) electrons. The summed E-state index contributed by atoms with van der Waals surface area (Å²) in [6.45, 7) is 5.63. The van der Waals surface area contributed by atoms with Crippen LogP contribution in [0, 0.1) is 37.5 Å². The summed E-state index contributed by atoms with van der Waals surface area (Å²) in [5, 5.41) is 7.35. The van der Waals surface area contributed by atoms with Gasteiger partial charge in [0.1, 0.15) is 5.75 Å². The summed E-state index contributed by atoms with van der Waals surface area (Å²) in [6, 6.07) is 6.17. The van der Waals surface area contributed by atoms with Crippen LogP contribution in [0.3, 0.4) is 0 Å². The molecule has 4 bridgehead atoms. The van der Waals surface area contributed by atoms with Crippen LogP contribution in [0.2, 0.25) is 0 Å². The summed E-state index contributed by atoms with van der Waals surface area (Å²) in [6.07, 6.45) is 6.74. The summed E-state index contributed by atoms with van der Waals surface area (Å²) in [4.78, 5) is 24.6. The number of nitrogens with zero attached hydrogens (tertiary/aromatic N) is 1. The van der Waals surface area contributed by atoms with E-state index in [2.05, 4.69) is 21.9 Å². The van der Waals surface area contributed by atoms with E-state index in [0.29, 0.717) is 29.3 Å². The van der Waals surface area contributed by atoms with Gasteiger partial charge in [-0.05, 0) is 99.8 Å². The number of hydrogen-bond acceptors (Lipinski definition) is 4. The van der Waals surface area contributed by atoms with Gasteiger partial charge in [-0.2, -0.15) is 5.10 Å². The SMILES string of the molecule is CC(CC(=O)NC1C2CC3CC(C2)CC1C3)=NNC(=O)COc1cc(C)cc(C)c1. The second-order valence-corrected chi connectivity index (χ2v) is 9.69. The highest BCUT2D eigenvalue weighted by Crippen LogP contribution is 2.53. The third-order valence-electron chi connectivity index (χ3n) is 6.91. The molecule has 4 saturated carbocycles. The zero-order valence-corrected chi connectivity index (χ0v) is 18.2. The highest BCUT2D eigenvalue weighted by molar-refractivity contribution is 6.00. The van der Waals surface area contributed by atoms with Gasteiger partial charge in [0, 0.05) is 11.8 Å². The van der Waals surface area contributed by atoms with Crippen molar-refractivity contribution in [1.82, 2.24) is 10.7 Å². The van der Waals surface area contributed by atoms with Crippen LogP contribution in [-0.2, 0) is 9.59 Å². The lowest BCUT2D eigenvalue weighted by Gasteiger charge is -2.54. The first kappa shape index (κ1) is 20.9. The largest absolute Gasteiger partial charge is 0.484 e. The molecule has 4 aliphatic rings. The fourth-order valence-electron chi connectivity index (χ4n) is 6.02. The zero-order chi connectivity index (χ0) is 21.3. The lowest BCUT2D eigenvalue weighted by molar-refractivity contribution is -0.124. The summed E-state index contributed by atoms with van der Waals surface area (Å²) in [5.41, 5.74) is 5.25. The smallest absolute Gasteiger partial charge is 0.277 e. The molecule has 162 valence electrons. The number of carbonyl (C=O) groups excluding carboxylic acids is 2. The van der Waals surface area contributed by atoms with Gasteiger partial charge in [-0.15, -0.1) is 0 Å². The van der Waals surface area contributed by atoms with Gasteiger partial charge in [0.05, 0.1) is 6.42 Å². The minimum absolute atomic E-state index is 0.00876. The number of ether oxygens (including phenoxy) is 1. The Labute approximate surface area is 178 Å². The molecule has 6 nitrogen and oxygen atoms in total. The number of hydrazone groups is 1. The second kappa shape index (κ2) is 8.78. The van der Waals surface area contributed by atoms with Gasteiger partial charge in [0.25, 0.3) is 5.91 Å². The molecule has 30 heavy (non-hydrogen) atoms. The highest BCUT2D eigenvalue weighted by Gasteiger charge is 2.48. The van der Waals surface area contributed by atoms with E-state index in [1.54, 1.807) is 6.92 Å². The number of nitrogens with one attached hydrogen (secondary N) is 2. The molecule has 1 aromatic rings. The van der Waals surface area contributed by atoms with Crippen molar-refractivity contribution in [3.8, 4) is 5.75 Å². The molecule has 0 spiro atoms. The first-order valence-corrected chi connectivity index (χ1v) is 11.2. The number of amides is 2. The van der Waals surface area contributed by atoms with Crippen molar-refractivity contribution in [1.29, 1.82) is 0 Å². The van der Waals surface area contributed by atoms with Crippen molar-refractivity contribution in [3.05, 3.63) is 29.3 Å². The molecule has 0 aromatic heterocycles. The topological polar surface area (TPSA) is 79.8 Å².